The monoisotopic (exact) mass is 302 g/mol. The molecular weight excluding hydrogens is 284 g/mol. The lowest BCUT2D eigenvalue weighted by Crippen LogP contribution is -2.43. The van der Waals surface area contributed by atoms with Gasteiger partial charge >= 0.3 is 0 Å². The Labute approximate surface area is 117 Å². The summed E-state index contributed by atoms with van der Waals surface area (Å²) in [6.45, 7) is 0. The molecule has 2 atom stereocenters. The van der Waals surface area contributed by atoms with E-state index in [2.05, 4.69) is 4.72 Å². The first-order chi connectivity index (χ1) is 8.98. The third-order valence-electron chi connectivity index (χ3n) is 3.41. The molecule has 0 radical (unpaired) electrons. The molecular formula is C12H18N2O3S2. The predicted molar refractivity (Wildman–Crippen MR) is 75.3 cm³/mol. The fraction of sp³-hybridized carbons (Fsp3) is 0.583. The summed E-state index contributed by atoms with van der Waals surface area (Å²) in [4.78, 5) is 12.3. The molecule has 19 heavy (non-hydrogen) atoms. The van der Waals surface area contributed by atoms with Crippen molar-refractivity contribution in [2.24, 2.45) is 11.7 Å². The van der Waals surface area contributed by atoms with Gasteiger partial charge in [-0.05, 0) is 30.7 Å². The maximum absolute atomic E-state index is 12.0. The van der Waals surface area contributed by atoms with E-state index in [-0.39, 0.29) is 17.7 Å². The van der Waals surface area contributed by atoms with Crippen molar-refractivity contribution in [3.05, 3.63) is 22.4 Å². The first-order valence-corrected chi connectivity index (χ1v) is 8.83. The lowest BCUT2D eigenvalue weighted by atomic mass is 10.0. The lowest BCUT2D eigenvalue weighted by molar-refractivity contribution is -0.122. The average molecular weight is 302 g/mol. The third-order valence-corrected chi connectivity index (χ3v) is 5.75. The Morgan fingerprint density at radius 3 is 2.89 bits per heavy atom. The molecule has 2 unspecified atom stereocenters. The standard InChI is InChI=1S/C12H18N2O3S2/c13-12(15)10-4-1-5-11(10)14-19(16,17)8-6-9-3-2-7-18-9/h2-3,7,10-11,14H,1,4-6,8H2,(H2,13,15). The Morgan fingerprint density at radius 1 is 1.47 bits per heavy atom. The topological polar surface area (TPSA) is 89.3 Å². The van der Waals surface area contributed by atoms with E-state index < -0.39 is 15.9 Å². The minimum Gasteiger partial charge on any atom is -0.369 e. The zero-order valence-electron chi connectivity index (χ0n) is 10.5. The second-order valence-electron chi connectivity index (χ2n) is 4.81. The highest BCUT2D eigenvalue weighted by molar-refractivity contribution is 7.89. The first kappa shape index (κ1) is 14.5. The summed E-state index contributed by atoms with van der Waals surface area (Å²) in [7, 11) is -3.36. The molecule has 1 saturated carbocycles. The fourth-order valence-corrected chi connectivity index (χ4v) is 4.61. The van der Waals surface area contributed by atoms with Crippen LogP contribution < -0.4 is 10.5 Å². The van der Waals surface area contributed by atoms with E-state index >= 15 is 0 Å². The van der Waals surface area contributed by atoms with Crippen molar-refractivity contribution < 1.29 is 13.2 Å². The minimum absolute atomic E-state index is 0.0511. The normalized spacial score (nSPS) is 23.6. The van der Waals surface area contributed by atoms with Gasteiger partial charge < -0.3 is 5.73 Å². The van der Waals surface area contributed by atoms with Gasteiger partial charge in [0.1, 0.15) is 0 Å². The van der Waals surface area contributed by atoms with E-state index in [9.17, 15) is 13.2 Å². The minimum atomic E-state index is -3.36. The number of hydrogen-bond donors (Lipinski definition) is 2. The van der Waals surface area contributed by atoms with Crippen molar-refractivity contribution in [2.75, 3.05) is 5.75 Å². The average Bonchev–Trinajstić information content (AvgIpc) is 2.95. The quantitative estimate of drug-likeness (QED) is 0.817. The number of rotatable bonds is 6. The summed E-state index contributed by atoms with van der Waals surface area (Å²) < 4.78 is 26.6. The molecule has 1 fully saturated rings. The summed E-state index contributed by atoms with van der Waals surface area (Å²) in [5.74, 6) is -0.727. The maximum Gasteiger partial charge on any atom is 0.222 e. The number of carbonyl (C=O) groups is 1. The molecule has 1 aromatic heterocycles. The van der Waals surface area contributed by atoms with Crippen LogP contribution in [0.3, 0.4) is 0 Å². The summed E-state index contributed by atoms with van der Waals surface area (Å²) in [6, 6.07) is 3.49. The molecule has 1 aromatic rings. The van der Waals surface area contributed by atoms with E-state index in [1.807, 2.05) is 17.5 Å². The number of aryl methyl sites for hydroxylation is 1. The molecule has 0 saturated heterocycles. The highest BCUT2D eigenvalue weighted by Gasteiger charge is 2.34. The van der Waals surface area contributed by atoms with Gasteiger partial charge in [0.2, 0.25) is 15.9 Å². The molecule has 0 aromatic carbocycles. The van der Waals surface area contributed by atoms with Gasteiger partial charge in [0, 0.05) is 10.9 Å². The largest absolute Gasteiger partial charge is 0.369 e. The van der Waals surface area contributed by atoms with E-state index in [0.29, 0.717) is 19.3 Å². The summed E-state index contributed by atoms with van der Waals surface area (Å²) >= 11 is 1.55. The van der Waals surface area contributed by atoms with Crippen molar-refractivity contribution in [3.63, 3.8) is 0 Å². The molecule has 1 aliphatic carbocycles. The number of carbonyl (C=O) groups excluding carboxylic acids is 1. The van der Waals surface area contributed by atoms with E-state index in [0.717, 1.165) is 11.3 Å². The maximum atomic E-state index is 12.0. The summed E-state index contributed by atoms with van der Waals surface area (Å²) in [5.41, 5.74) is 5.29. The number of thiophene rings is 1. The van der Waals surface area contributed by atoms with Crippen LogP contribution in [0.1, 0.15) is 24.1 Å². The van der Waals surface area contributed by atoms with Gasteiger partial charge in [-0.3, -0.25) is 4.79 Å². The van der Waals surface area contributed by atoms with Gasteiger partial charge in [-0.15, -0.1) is 11.3 Å². The molecule has 106 valence electrons. The van der Waals surface area contributed by atoms with Crippen LogP contribution in [-0.2, 0) is 21.2 Å². The Hall–Kier alpha value is -0.920. The summed E-state index contributed by atoms with van der Waals surface area (Å²) in [5, 5.41) is 1.93. The van der Waals surface area contributed by atoms with Gasteiger partial charge in [-0.25, -0.2) is 13.1 Å². The molecule has 5 nitrogen and oxygen atoms in total. The number of primary amides is 1. The van der Waals surface area contributed by atoms with Gasteiger partial charge in [-0.1, -0.05) is 12.5 Å². The van der Waals surface area contributed by atoms with Crippen LogP contribution in [0, 0.1) is 5.92 Å². The lowest BCUT2D eigenvalue weighted by Gasteiger charge is -2.18. The SMILES string of the molecule is NC(=O)C1CCCC1NS(=O)(=O)CCc1cccs1. The highest BCUT2D eigenvalue weighted by Crippen LogP contribution is 2.26. The Balaban J connectivity index is 1.91. The van der Waals surface area contributed by atoms with Crippen molar-refractivity contribution in [1.82, 2.24) is 4.72 Å². The highest BCUT2D eigenvalue weighted by atomic mass is 32.2. The number of nitrogens with one attached hydrogen (secondary N) is 1. The Morgan fingerprint density at radius 2 is 2.26 bits per heavy atom. The zero-order valence-corrected chi connectivity index (χ0v) is 12.2. The van der Waals surface area contributed by atoms with E-state index in [1.54, 1.807) is 11.3 Å². The van der Waals surface area contributed by atoms with Gasteiger partial charge in [0.25, 0.3) is 0 Å². The van der Waals surface area contributed by atoms with Crippen LogP contribution in [-0.4, -0.2) is 26.1 Å². The third kappa shape index (κ3) is 4.02. The predicted octanol–water partition coefficient (Wildman–Crippen LogP) is 0.864. The Kier molecular flexibility index (Phi) is 4.59. The van der Waals surface area contributed by atoms with Crippen LogP contribution >= 0.6 is 11.3 Å². The van der Waals surface area contributed by atoms with Crippen molar-refractivity contribution in [1.29, 1.82) is 0 Å². The smallest absolute Gasteiger partial charge is 0.222 e. The van der Waals surface area contributed by atoms with Crippen molar-refractivity contribution in [3.8, 4) is 0 Å². The number of nitrogens with two attached hydrogens (primary N) is 1. The van der Waals surface area contributed by atoms with Gasteiger partial charge in [-0.2, -0.15) is 0 Å². The second-order valence-corrected chi connectivity index (χ2v) is 7.72. The Bertz CT molecular complexity index is 525. The number of hydrogen-bond acceptors (Lipinski definition) is 4. The molecule has 3 N–H and O–H groups in total. The molecule has 1 heterocycles. The molecule has 1 aliphatic rings. The van der Waals surface area contributed by atoms with Crippen LogP contribution in [0.25, 0.3) is 0 Å². The van der Waals surface area contributed by atoms with Crippen LogP contribution in [0.5, 0.6) is 0 Å². The molecule has 0 spiro atoms. The summed E-state index contributed by atoms with van der Waals surface area (Å²) in [6.07, 6.45) is 2.70. The van der Waals surface area contributed by atoms with Crippen LogP contribution in [0.2, 0.25) is 0 Å². The van der Waals surface area contributed by atoms with Crippen molar-refractivity contribution in [2.45, 2.75) is 31.7 Å². The first-order valence-electron chi connectivity index (χ1n) is 6.29. The molecule has 0 aliphatic heterocycles. The number of sulfonamides is 1. The fourth-order valence-electron chi connectivity index (χ4n) is 2.42. The second kappa shape index (κ2) is 6.02. The molecule has 7 heteroatoms. The molecule has 1 amide bonds. The zero-order chi connectivity index (χ0) is 13.9. The van der Waals surface area contributed by atoms with Crippen molar-refractivity contribution >= 4 is 27.3 Å². The van der Waals surface area contributed by atoms with Gasteiger partial charge in [0.15, 0.2) is 0 Å². The molecule has 2 rings (SSSR count). The number of amides is 1. The van der Waals surface area contributed by atoms with Crippen LogP contribution in [0.15, 0.2) is 17.5 Å². The van der Waals surface area contributed by atoms with E-state index in [1.165, 1.54) is 0 Å². The van der Waals surface area contributed by atoms with Gasteiger partial charge in [0.05, 0.1) is 11.7 Å². The van der Waals surface area contributed by atoms with Crippen LogP contribution in [0.4, 0.5) is 0 Å². The van der Waals surface area contributed by atoms with E-state index in [4.69, 9.17) is 5.73 Å². The molecule has 0 bridgehead atoms.